The maximum Gasteiger partial charge on any atom is 0.231 e. The number of amidine groups is 1. The van der Waals surface area contributed by atoms with Gasteiger partial charge in [-0.1, -0.05) is 35.5 Å². The van der Waals surface area contributed by atoms with Crippen LogP contribution in [-0.4, -0.2) is 17.8 Å². The smallest absolute Gasteiger partial charge is 0.231 e. The van der Waals surface area contributed by atoms with Crippen molar-refractivity contribution in [3.05, 3.63) is 59.2 Å². The van der Waals surface area contributed by atoms with E-state index in [1.165, 1.54) is 0 Å². The first kappa shape index (κ1) is 14.2. The van der Waals surface area contributed by atoms with Gasteiger partial charge in [-0.05, 0) is 23.3 Å². The van der Waals surface area contributed by atoms with Gasteiger partial charge in [-0.15, -0.1) is 0 Å². The van der Waals surface area contributed by atoms with E-state index in [2.05, 4.69) is 5.16 Å². The number of hydrogen-bond acceptors (Lipinski definition) is 5. The molecule has 1 aliphatic rings. The van der Waals surface area contributed by atoms with Crippen LogP contribution in [0.15, 0.2) is 47.6 Å². The zero-order chi connectivity index (χ0) is 15.4. The molecule has 0 amide bonds. The topological polar surface area (TPSA) is 86.3 Å². The van der Waals surface area contributed by atoms with E-state index in [1.807, 2.05) is 36.4 Å². The highest BCUT2D eigenvalue weighted by Crippen LogP contribution is 2.32. The van der Waals surface area contributed by atoms with Gasteiger partial charge in [-0.3, -0.25) is 0 Å². The fraction of sp³-hybridized carbons (Fsp3) is 0.188. The fourth-order valence-corrected chi connectivity index (χ4v) is 2.26. The molecule has 114 valence electrons. The second kappa shape index (κ2) is 6.36. The Morgan fingerprint density at radius 1 is 1.14 bits per heavy atom. The number of benzene rings is 2. The average Bonchev–Trinajstić information content (AvgIpc) is 3.02. The Labute approximate surface area is 127 Å². The Morgan fingerprint density at radius 3 is 2.82 bits per heavy atom. The molecule has 0 saturated heterocycles. The van der Waals surface area contributed by atoms with E-state index in [0.29, 0.717) is 18.8 Å². The molecule has 0 bridgehead atoms. The van der Waals surface area contributed by atoms with Crippen LogP contribution in [0.3, 0.4) is 0 Å². The Morgan fingerprint density at radius 2 is 1.95 bits per heavy atom. The molecule has 0 aliphatic carbocycles. The van der Waals surface area contributed by atoms with Crippen molar-refractivity contribution < 1.29 is 19.4 Å². The molecule has 0 aromatic heterocycles. The summed E-state index contributed by atoms with van der Waals surface area (Å²) in [5.41, 5.74) is 8.17. The van der Waals surface area contributed by atoms with E-state index in [0.717, 1.165) is 22.6 Å². The van der Waals surface area contributed by atoms with Crippen molar-refractivity contribution in [2.75, 3.05) is 6.79 Å². The number of nitrogens with zero attached hydrogens (tertiary/aromatic N) is 1. The third-order valence-corrected chi connectivity index (χ3v) is 3.36. The quantitative estimate of drug-likeness (QED) is 0.383. The van der Waals surface area contributed by atoms with Crippen LogP contribution in [0.25, 0.3) is 0 Å². The first-order chi connectivity index (χ1) is 10.8. The Balaban J connectivity index is 1.64. The third kappa shape index (κ3) is 2.96. The SMILES string of the molecule is N/C(=N\O)c1ccccc1COCc1ccc2c(c1)OCO2. The number of ether oxygens (including phenoxy) is 3. The summed E-state index contributed by atoms with van der Waals surface area (Å²) in [6.45, 7) is 1.05. The fourth-order valence-electron chi connectivity index (χ4n) is 2.26. The van der Waals surface area contributed by atoms with Crippen LogP contribution in [-0.2, 0) is 18.0 Å². The lowest BCUT2D eigenvalue weighted by Gasteiger charge is -2.09. The van der Waals surface area contributed by atoms with Gasteiger partial charge in [0, 0.05) is 5.56 Å². The Bertz CT molecular complexity index is 700. The molecule has 6 nitrogen and oxygen atoms in total. The van der Waals surface area contributed by atoms with Crippen LogP contribution in [0, 0.1) is 0 Å². The van der Waals surface area contributed by atoms with E-state index in [-0.39, 0.29) is 12.6 Å². The lowest BCUT2D eigenvalue weighted by atomic mass is 10.1. The molecule has 0 spiro atoms. The van der Waals surface area contributed by atoms with Gasteiger partial charge in [0.1, 0.15) is 0 Å². The maximum absolute atomic E-state index is 8.80. The first-order valence-electron chi connectivity index (χ1n) is 6.80. The molecule has 0 radical (unpaired) electrons. The summed E-state index contributed by atoms with van der Waals surface area (Å²) in [7, 11) is 0. The molecule has 6 heteroatoms. The lowest BCUT2D eigenvalue weighted by Crippen LogP contribution is -2.15. The van der Waals surface area contributed by atoms with Gasteiger partial charge < -0.3 is 25.2 Å². The number of oxime groups is 1. The van der Waals surface area contributed by atoms with Crippen molar-refractivity contribution in [3.63, 3.8) is 0 Å². The van der Waals surface area contributed by atoms with Gasteiger partial charge >= 0.3 is 0 Å². The first-order valence-corrected chi connectivity index (χ1v) is 6.80. The van der Waals surface area contributed by atoms with E-state index >= 15 is 0 Å². The van der Waals surface area contributed by atoms with Crippen molar-refractivity contribution >= 4 is 5.84 Å². The second-order valence-corrected chi connectivity index (χ2v) is 4.82. The van der Waals surface area contributed by atoms with Crippen molar-refractivity contribution in [1.29, 1.82) is 0 Å². The summed E-state index contributed by atoms with van der Waals surface area (Å²) in [5.74, 6) is 1.56. The minimum absolute atomic E-state index is 0.0716. The largest absolute Gasteiger partial charge is 0.454 e. The van der Waals surface area contributed by atoms with E-state index in [4.69, 9.17) is 25.2 Å². The van der Waals surface area contributed by atoms with E-state index in [1.54, 1.807) is 6.07 Å². The summed E-state index contributed by atoms with van der Waals surface area (Å²) < 4.78 is 16.3. The van der Waals surface area contributed by atoms with Gasteiger partial charge in [-0.2, -0.15) is 0 Å². The monoisotopic (exact) mass is 300 g/mol. The van der Waals surface area contributed by atoms with Gasteiger partial charge in [-0.25, -0.2) is 0 Å². The third-order valence-electron chi connectivity index (χ3n) is 3.36. The van der Waals surface area contributed by atoms with Crippen molar-refractivity contribution in [2.24, 2.45) is 10.9 Å². The zero-order valence-electron chi connectivity index (χ0n) is 11.9. The van der Waals surface area contributed by atoms with Crippen LogP contribution in [0.2, 0.25) is 0 Å². The van der Waals surface area contributed by atoms with Gasteiger partial charge in [0.25, 0.3) is 0 Å². The molecule has 3 N–H and O–H groups in total. The van der Waals surface area contributed by atoms with Gasteiger partial charge in [0.05, 0.1) is 13.2 Å². The van der Waals surface area contributed by atoms with Crippen molar-refractivity contribution in [2.45, 2.75) is 13.2 Å². The molecule has 0 fully saturated rings. The van der Waals surface area contributed by atoms with Gasteiger partial charge in [0.15, 0.2) is 17.3 Å². The minimum atomic E-state index is 0.0716. The molecule has 0 saturated carbocycles. The van der Waals surface area contributed by atoms with Crippen LogP contribution < -0.4 is 15.2 Å². The van der Waals surface area contributed by atoms with Crippen molar-refractivity contribution in [1.82, 2.24) is 0 Å². The highest BCUT2D eigenvalue weighted by atomic mass is 16.7. The molecule has 2 aromatic rings. The van der Waals surface area contributed by atoms with Crippen LogP contribution in [0.4, 0.5) is 0 Å². The summed E-state index contributed by atoms with van der Waals surface area (Å²) >= 11 is 0. The molecule has 0 atom stereocenters. The predicted octanol–water partition coefficient (Wildman–Crippen LogP) is 2.23. The van der Waals surface area contributed by atoms with E-state index < -0.39 is 0 Å². The van der Waals surface area contributed by atoms with Crippen LogP contribution >= 0.6 is 0 Å². The number of fused-ring (bicyclic) bond motifs is 1. The normalized spacial score (nSPS) is 13.4. The zero-order valence-corrected chi connectivity index (χ0v) is 11.9. The molecule has 22 heavy (non-hydrogen) atoms. The standard InChI is InChI=1S/C16H16N2O4/c17-16(18-19)13-4-2-1-3-12(13)9-20-8-11-5-6-14-15(7-11)22-10-21-14/h1-7,19H,8-10H2,(H2,17,18). The van der Waals surface area contributed by atoms with Crippen LogP contribution in [0.1, 0.15) is 16.7 Å². The highest BCUT2D eigenvalue weighted by molar-refractivity contribution is 5.98. The molecule has 1 aliphatic heterocycles. The van der Waals surface area contributed by atoms with E-state index in [9.17, 15) is 0 Å². The molecule has 2 aromatic carbocycles. The Hall–Kier alpha value is -2.73. The molecule has 0 unspecified atom stereocenters. The minimum Gasteiger partial charge on any atom is -0.454 e. The summed E-state index contributed by atoms with van der Waals surface area (Å²) in [5, 5.41) is 11.8. The number of rotatable bonds is 5. The van der Waals surface area contributed by atoms with Crippen molar-refractivity contribution in [3.8, 4) is 11.5 Å². The van der Waals surface area contributed by atoms with Gasteiger partial charge in [0.2, 0.25) is 6.79 Å². The lowest BCUT2D eigenvalue weighted by molar-refractivity contribution is 0.107. The highest BCUT2D eigenvalue weighted by Gasteiger charge is 2.13. The summed E-state index contributed by atoms with van der Waals surface area (Å²) in [6.07, 6.45) is 0. The maximum atomic E-state index is 8.80. The number of nitrogens with two attached hydrogens (primary N) is 1. The molecule has 3 rings (SSSR count). The average molecular weight is 300 g/mol. The van der Waals surface area contributed by atoms with Crippen LogP contribution in [0.5, 0.6) is 11.5 Å². The summed E-state index contributed by atoms with van der Waals surface area (Å²) in [4.78, 5) is 0. The molecule has 1 heterocycles. The Kier molecular flexibility index (Phi) is 4.11. The molecular weight excluding hydrogens is 284 g/mol. The number of hydrogen-bond donors (Lipinski definition) is 2. The molecular formula is C16H16N2O4. The second-order valence-electron chi connectivity index (χ2n) is 4.82. The predicted molar refractivity (Wildman–Crippen MR) is 80.0 cm³/mol. The summed E-state index contributed by atoms with van der Waals surface area (Å²) in [6, 6.07) is 13.1.